The fraction of sp³-hybridized carbons (Fsp3) is 0.636. The predicted octanol–water partition coefficient (Wildman–Crippen LogP) is 0.653. The lowest BCUT2D eigenvalue weighted by molar-refractivity contribution is -0.230. The molecule has 4 bridgehead atoms. The molecule has 1 aromatic rings. The molecule has 4 aliphatic heterocycles. The van der Waals surface area contributed by atoms with Gasteiger partial charge in [0, 0.05) is 11.3 Å². The zero-order chi connectivity index (χ0) is 10.5. The van der Waals surface area contributed by atoms with Crippen LogP contribution in [0.25, 0.3) is 0 Å². The van der Waals surface area contributed by atoms with E-state index in [0.717, 1.165) is 26.7 Å². The van der Waals surface area contributed by atoms with Crippen molar-refractivity contribution < 1.29 is 0 Å². The topological polar surface area (TPSA) is 13.0 Å². The number of rotatable bonds is 2. The first-order chi connectivity index (χ1) is 7.88. The molecule has 0 unspecified atom stereocenters. The molecule has 0 radical (unpaired) electrons. The average Bonchev–Trinajstić information content (AvgIpc) is 2.75. The molecular weight excluding hydrogens is 220 g/mol. The first kappa shape index (κ1) is 9.56. The van der Waals surface area contributed by atoms with Crippen LogP contribution in [0.15, 0.2) is 17.5 Å². The van der Waals surface area contributed by atoms with E-state index in [1.165, 1.54) is 18.0 Å². The van der Waals surface area contributed by atoms with E-state index in [4.69, 9.17) is 0 Å². The Morgan fingerprint density at radius 1 is 1.06 bits per heavy atom. The second-order valence-electron chi connectivity index (χ2n) is 4.99. The Kier molecular flexibility index (Phi) is 2.10. The molecule has 5 heterocycles. The van der Waals surface area contributed by atoms with Gasteiger partial charge < -0.3 is 0 Å². The van der Waals surface area contributed by atoms with Crippen LogP contribution >= 0.6 is 11.3 Å². The van der Waals surface area contributed by atoms with E-state index >= 15 is 0 Å². The second-order valence-corrected chi connectivity index (χ2v) is 6.02. The summed E-state index contributed by atoms with van der Waals surface area (Å²) in [4.78, 5) is 11.7. The zero-order valence-corrected chi connectivity index (χ0v) is 10.1. The third kappa shape index (κ3) is 1.43. The highest BCUT2D eigenvalue weighted by molar-refractivity contribution is 7.09. The molecule has 4 saturated heterocycles. The minimum absolute atomic E-state index is 0.631. The molecule has 0 aliphatic carbocycles. The molecule has 0 aromatic carbocycles. The van der Waals surface area contributed by atoms with Crippen molar-refractivity contribution in [2.45, 2.75) is 12.6 Å². The molecule has 4 nitrogen and oxygen atoms in total. The predicted molar refractivity (Wildman–Crippen MR) is 63.5 cm³/mol. The molecule has 4 aliphatic rings. The van der Waals surface area contributed by atoms with E-state index in [9.17, 15) is 0 Å². The molecule has 0 saturated carbocycles. The van der Waals surface area contributed by atoms with Crippen LogP contribution in [-0.4, -0.2) is 59.1 Å². The van der Waals surface area contributed by atoms with Crippen molar-refractivity contribution in [1.29, 1.82) is 0 Å². The molecule has 86 valence electrons. The molecule has 1 aromatic heterocycles. The monoisotopic (exact) mass is 236 g/mol. The number of nitrogens with zero attached hydrogens (tertiary/aromatic N) is 4. The smallest absolute Gasteiger partial charge is 0.0716 e. The Balaban J connectivity index is 1.56. The van der Waals surface area contributed by atoms with Gasteiger partial charge in [-0.25, -0.2) is 0 Å². The quantitative estimate of drug-likeness (QED) is 0.747. The van der Waals surface area contributed by atoms with Gasteiger partial charge in [0.1, 0.15) is 0 Å². The minimum Gasteiger partial charge on any atom is -0.264 e. The summed E-state index contributed by atoms with van der Waals surface area (Å²) < 4.78 is 0. The molecule has 16 heavy (non-hydrogen) atoms. The Morgan fingerprint density at radius 2 is 1.75 bits per heavy atom. The number of thiophene rings is 1. The van der Waals surface area contributed by atoms with Gasteiger partial charge in [-0.2, -0.15) is 0 Å². The summed E-state index contributed by atoms with van der Waals surface area (Å²) in [5.74, 6) is 0. The molecule has 5 rings (SSSR count). The fourth-order valence-corrected chi connectivity index (χ4v) is 3.88. The van der Waals surface area contributed by atoms with E-state index in [1.807, 2.05) is 11.3 Å². The van der Waals surface area contributed by atoms with Gasteiger partial charge in [0.05, 0.1) is 39.5 Å². The first-order valence-corrected chi connectivity index (χ1v) is 6.72. The summed E-state index contributed by atoms with van der Waals surface area (Å²) in [5, 5.41) is 2.18. The molecule has 0 spiro atoms. The Labute approximate surface area is 99.6 Å². The van der Waals surface area contributed by atoms with Crippen LogP contribution in [0, 0.1) is 0 Å². The number of hydrogen-bond donors (Lipinski definition) is 0. The van der Waals surface area contributed by atoms with E-state index in [2.05, 4.69) is 37.1 Å². The van der Waals surface area contributed by atoms with Crippen molar-refractivity contribution in [2.24, 2.45) is 0 Å². The van der Waals surface area contributed by atoms with Gasteiger partial charge in [-0.1, -0.05) is 6.07 Å². The maximum atomic E-state index is 2.59. The van der Waals surface area contributed by atoms with E-state index in [1.54, 1.807) is 0 Å². The highest BCUT2D eigenvalue weighted by Crippen LogP contribution is 2.28. The van der Waals surface area contributed by atoms with Gasteiger partial charge in [-0.3, -0.25) is 19.6 Å². The van der Waals surface area contributed by atoms with E-state index in [-0.39, 0.29) is 0 Å². The fourth-order valence-electron chi connectivity index (χ4n) is 3.14. The van der Waals surface area contributed by atoms with Gasteiger partial charge in [0.25, 0.3) is 0 Å². The maximum absolute atomic E-state index is 2.59. The summed E-state index contributed by atoms with van der Waals surface area (Å²) in [6.07, 6.45) is 1.82. The van der Waals surface area contributed by atoms with Crippen LogP contribution in [-0.2, 0) is 6.42 Å². The SMILES string of the molecule is c1csc(CC2N3CN4CN(C3)CN2C4)c1. The van der Waals surface area contributed by atoms with Crippen LogP contribution in [0.1, 0.15) is 4.88 Å². The lowest BCUT2D eigenvalue weighted by Gasteiger charge is -2.60. The summed E-state index contributed by atoms with van der Waals surface area (Å²) in [6, 6.07) is 4.42. The maximum Gasteiger partial charge on any atom is 0.0716 e. The molecular formula is C11H16N4S. The third-order valence-electron chi connectivity index (χ3n) is 3.73. The second kappa shape index (κ2) is 3.51. The van der Waals surface area contributed by atoms with Crippen molar-refractivity contribution in [2.75, 3.05) is 33.3 Å². The van der Waals surface area contributed by atoms with E-state index < -0.39 is 0 Å². The Morgan fingerprint density at radius 3 is 2.31 bits per heavy atom. The zero-order valence-electron chi connectivity index (χ0n) is 9.25. The lowest BCUT2D eigenvalue weighted by atomic mass is 10.2. The van der Waals surface area contributed by atoms with Gasteiger partial charge in [0.2, 0.25) is 0 Å². The molecule has 0 N–H and O–H groups in total. The van der Waals surface area contributed by atoms with Crippen LogP contribution in [0.4, 0.5) is 0 Å². The third-order valence-corrected chi connectivity index (χ3v) is 4.63. The van der Waals surface area contributed by atoms with Gasteiger partial charge in [-0.15, -0.1) is 11.3 Å². The number of hydrogen-bond acceptors (Lipinski definition) is 5. The minimum atomic E-state index is 0.631. The Hall–Kier alpha value is -0.460. The van der Waals surface area contributed by atoms with Gasteiger partial charge >= 0.3 is 0 Å². The Bertz CT molecular complexity index is 349. The highest BCUT2D eigenvalue weighted by Gasteiger charge is 2.43. The standard InChI is InChI=1S/C11H16N4S/c1-2-10(16-3-1)4-11-14-6-12-5-13(8-14)9-15(11)7-12/h1-3,11H,4-9H2. The summed E-state index contributed by atoms with van der Waals surface area (Å²) in [7, 11) is 0. The first-order valence-electron chi connectivity index (χ1n) is 5.84. The normalized spacial score (nSPS) is 45.1. The van der Waals surface area contributed by atoms with Crippen molar-refractivity contribution in [1.82, 2.24) is 19.6 Å². The lowest BCUT2D eigenvalue weighted by Crippen LogP contribution is -2.75. The highest BCUT2D eigenvalue weighted by atomic mass is 32.1. The van der Waals surface area contributed by atoms with Crippen LogP contribution in [0.2, 0.25) is 0 Å². The van der Waals surface area contributed by atoms with Crippen molar-refractivity contribution >= 4 is 11.3 Å². The van der Waals surface area contributed by atoms with Crippen molar-refractivity contribution in [3.05, 3.63) is 22.4 Å². The summed E-state index contributed by atoms with van der Waals surface area (Å²) in [6.45, 7) is 5.79. The summed E-state index contributed by atoms with van der Waals surface area (Å²) in [5.41, 5.74) is 0. The van der Waals surface area contributed by atoms with Crippen LogP contribution in [0.3, 0.4) is 0 Å². The largest absolute Gasteiger partial charge is 0.264 e. The van der Waals surface area contributed by atoms with Gasteiger partial charge in [0.15, 0.2) is 0 Å². The van der Waals surface area contributed by atoms with Crippen molar-refractivity contribution in [3.63, 3.8) is 0 Å². The van der Waals surface area contributed by atoms with Crippen molar-refractivity contribution in [3.8, 4) is 0 Å². The van der Waals surface area contributed by atoms with Crippen LogP contribution in [0.5, 0.6) is 0 Å². The molecule has 0 atom stereocenters. The molecule has 0 amide bonds. The average molecular weight is 236 g/mol. The summed E-state index contributed by atoms with van der Waals surface area (Å²) >= 11 is 1.89. The molecule has 4 fully saturated rings. The molecule has 5 heteroatoms. The van der Waals surface area contributed by atoms with Gasteiger partial charge in [-0.05, 0) is 11.4 Å². The van der Waals surface area contributed by atoms with Crippen LogP contribution < -0.4 is 0 Å². The van der Waals surface area contributed by atoms with E-state index in [0.29, 0.717) is 6.17 Å².